The monoisotopic (exact) mass is 199 g/mol. The SMILES string of the molecule is COCC(C)C1CN=C(N)N1C(C)C. The van der Waals surface area contributed by atoms with Crippen LogP contribution >= 0.6 is 0 Å². The molecule has 1 heterocycles. The van der Waals surface area contributed by atoms with Gasteiger partial charge in [0.2, 0.25) is 0 Å². The Kier molecular flexibility index (Phi) is 3.75. The van der Waals surface area contributed by atoms with Gasteiger partial charge in [0.15, 0.2) is 5.96 Å². The van der Waals surface area contributed by atoms with Crippen LogP contribution in [0, 0.1) is 5.92 Å². The Hall–Kier alpha value is -0.770. The molecule has 4 heteroatoms. The second kappa shape index (κ2) is 4.64. The van der Waals surface area contributed by atoms with E-state index in [4.69, 9.17) is 10.5 Å². The summed E-state index contributed by atoms with van der Waals surface area (Å²) >= 11 is 0. The molecule has 0 bridgehead atoms. The molecule has 2 N–H and O–H groups in total. The fourth-order valence-corrected chi connectivity index (χ4v) is 2.00. The molecule has 0 aromatic heterocycles. The molecule has 2 unspecified atom stereocenters. The summed E-state index contributed by atoms with van der Waals surface area (Å²) in [6.45, 7) is 8.02. The molecule has 4 nitrogen and oxygen atoms in total. The molecule has 1 rings (SSSR count). The molecule has 1 aliphatic rings. The van der Waals surface area contributed by atoms with Gasteiger partial charge in [-0.15, -0.1) is 0 Å². The summed E-state index contributed by atoms with van der Waals surface area (Å²) in [5, 5.41) is 0. The lowest BCUT2D eigenvalue weighted by molar-refractivity contribution is 0.112. The molecule has 0 radical (unpaired) electrons. The summed E-state index contributed by atoms with van der Waals surface area (Å²) in [6, 6.07) is 0.806. The first kappa shape index (κ1) is 11.3. The van der Waals surface area contributed by atoms with Gasteiger partial charge in [-0.05, 0) is 13.8 Å². The maximum atomic E-state index is 5.84. The fourth-order valence-electron chi connectivity index (χ4n) is 2.00. The number of ether oxygens (including phenoxy) is 1. The minimum atomic E-state index is 0.398. The predicted molar refractivity (Wildman–Crippen MR) is 58.3 cm³/mol. The molecule has 14 heavy (non-hydrogen) atoms. The third kappa shape index (κ3) is 2.18. The minimum absolute atomic E-state index is 0.398. The van der Waals surface area contributed by atoms with Crippen molar-refractivity contribution >= 4 is 5.96 Å². The first-order chi connectivity index (χ1) is 6.57. The van der Waals surface area contributed by atoms with E-state index in [1.807, 2.05) is 0 Å². The van der Waals surface area contributed by atoms with Crippen LogP contribution < -0.4 is 5.73 Å². The lowest BCUT2D eigenvalue weighted by Crippen LogP contribution is -2.48. The summed E-state index contributed by atoms with van der Waals surface area (Å²) in [4.78, 5) is 6.47. The summed E-state index contributed by atoms with van der Waals surface area (Å²) in [5.41, 5.74) is 5.84. The van der Waals surface area contributed by atoms with Crippen LogP contribution in [0.4, 0.5) is 0 Å². The molecule has 0 aromatic rings. The van der Waals surface area contributed by atoms with E-state index >= 15 is 0 Å². The maximum absolute atomic E-state index is 5.84. The van der Waals surface area contributed by atoms with Crippen molar-refractivity contribution in [2.45, 2.75) is 32.9 Å². The molecule has 2 atom stereocenters. The standard InChI is InChI=1S/C10H21N3O/c1-7(2)13-9(5-12-10(13)11)8(3)6-14-4/h7-9H,5-6H2,1-4H3,(H2,11,12). The molecule has 0 fully saturated rings. The number of hydrogen-bond donors (Lipinski definition) is 1. The third-order valence-electron chi connectivity index (χ3n) is 2.70. The van der Waals surface area contributed by atoms with E-state index in [2.05, 4.69) is 30.7 Å². The summed E-state index contributed by atoms with van der Waals surface area (Å²) in [7, 11) is 1.73. The van der Waals surface area contributed by atoms with Crippen LogP contribution in [-0.4, -0.2) is 43.2 Å². The molecule has 1 aliphatic heterocycles. The largest absolute Gasteiger partial charge is 0.384 e. The number of aliphatic imine (C=N–C) groups is 1. The highest BCUT2D eigenvalue weighted by molar-refractivity contribution is 5.80. The van der Waals surface area contributed by atoms with Crippen molar-refractivity contribution in [2.24, 2.45) is 16.6 Å². The Morgan fingerprint density at radius 2 is 2.21 bits per heavy atom. The van der Waals surface area contributed by atoms with Crippen LogP contribution in [0.25, 0.3) is 0 Å². The Bertz CT molecular complexity index is 215. The number of guanidine groups is 1. The minimum Gasteiger partial charge on any atom is -0.384 e. The summed E-state index contributed by atoms with van der Waals surface area (Å²) < 4.78 is 5.16. The topological polar surface area (TPSA) is 50.9 Å². The first-order valence-corrected chi connectivity index (χ1v) is 5.15. The average molecular weight is 199 g/mol. The maximum Gasteiger partial charge on any atom is 0.191 e. The Labute approximate surface area is 86.1 Å². The molecule has 0 saturated heterocycles. The average Bonchev–Trinajstić information content (AvgIpc) is 2.47. The van der Waals surface area contributed by atoms with Gasteiger partial charge in [-0.25, -0.2) is 0 Å². The van der Waals surface area contributed by atoms with Crippen LogP contribution in [-0.2, 0) is 4.74 Å². The van der Waals surface area contributed by atoms with Gasteiger partial charge in [-0.3, -0.25) is 4.99 Å². The highest BCUT2D eigenvalue weighted by Gasteiger charge is 2.31. The second-order valence-electron chi connectivity index (χ2n) is 4.20. The van der Waals surface area contributed by atoms with Crippen LogP contribution in [0.3, 0.4) is 0 Å². The Balaban J connectivity index is 2.63. The van der Waals surface area contributed by atoms with Crippen molar-refractivity contribution in [3.05, 3.63) is 0 Å². The molecule has 82 valence electrons. The van der Waals surface area contributed by atoms with Crippen LogP contribution in [0.2, 0.25) is 0 Å². The van der Waals surface area contributed by atoms with Crippen molar-refractivity contribution in [1.29, 1.82) is 0 Å². The van der Waals surface area contributed by atoms with Crippen LogP contribution in [0.1, 0.15) is 20.8 Å². The zero-order chi connectivity index (χ0) is 10.7. The zero-order valence-electron chi connectivity index (χ0n) is 9.53. The molecule has 0 saturated carbocycles. The Morgan fingerprint density at radius 1 is 1.57 bits per heavy atom. The van der Waals surface area contributed by atoms with E-state index in [0.29, 0.717) is 24.0 Å². The number of methoxy groups -OCH3 is 1. The third-order valence-corrected chi connectivity index (χ3v) is 2.70. The van der Waals surface area contributed by atoms with Crippen molar-refractivity contribution in [3.8, 4) is 0 Å². The molecule has 0 amide bonds. The van der Waals surface area contributed by atoms with Crippen molar-refractivity contribution in [2.75, 3.05) is 20.3 Å². The van der Waals surface area contributed by atoms with E-state index in [-0.39, 0.29) is 0 Å². The van der Waals surface area contributed by atoms with E-state index in [1.165, 1.54) is 0 Å². The second-order valence-corrected chi connectivity index (χ2v) is 4.20. The summed E-state index contributed by atoms with van der Waals surface area (Å²) in [6.07, 6.45) is 0. The van der Waals surface area contributed by atoms with Crippen molar-refractivity contribution in [3.63, 3.8) is 0 Å². The van der Waals surface area contributed by atoms with Gasteiger partial charge in [0.05, 0.1) is 19.2 Å². The lowest BCUT2D eigenvalue weighted by Gasteiger charge is -2.33. The van der Waals surface area contributed by atoms with Gasteiger partial charge in [0.1, 0.15) is 0 Å². The van der Waals surface area contributed by atoms with E-state index in [9.17, 15) is 0 Å². The van der Waals surface area contributed by atoms with E-state index in [0.717, 1.165) is 13.2 Å². The summed E-state index contributed by atoms with van der Waals surface area (Å²) in [5.74, 6) is 1.14. The quantitative estimate of drug-likeness (QED) is 0.724. The smallest absolute Gasteiger partial charge is 0.191 e. The molecular formula is C10H21N3O. The predicted octanol–water partition coefficient (Wildman–Crippen LogP) is 0.676. The van der Waals surface area contributed by atoms with Crippen molar-refractivity contribution in [1.82, 2.24) is 4.90 Å². The highest BCUT2D eigenvalue weighted by Crippen LogP contribution is 2.19. The normalized spacial score (nSPS) is 24.2. The van der Waals surface area contributed by atoms with E-state index in [1.54, 1.807) is 7.11 Å². The van der Waals surface area contributed by atoms with Gasteiger partial charge in [0, 0.05) is 19.1 Å². The molecule has 0 aromatic carbocycles. The Morgan fingerprint density at radius 3 is 2.71 bits per heavy atom. The van der Waals surface area contributed by atoms with Gasteiger partial charge in [-0.1, -0.05) is 6.92 Å². The van der Waals surface area contributed by atoms with Gasteiger partial charge >= 0.3 is 0 Å². The molecular weight excluding hydrogens is 178 g/mol. The number of hydrogen-bond acceptors (Lipinski definition) is 4. The van der Waals surface area contributed by atoms with Crippen molar-refractivity contribution < 1.29 is 4.74 Å². The van der Waals surface area contributed by atoms with Gasteiger partial charge in [-0.2, -0.15) is 0 Å². The number of rotatable bonds is 4. The highest BCUT2D eigenvalue weighted by atomic mass is 16.5. The van der Waals surface area contributed by atoms with E-state index < -0.39 is 0 Å². The van der Waals surface area contributed by atoms with Gasteiger partial charge in [0.25, 0.3) is 0 Å². The first-order valence-electron chi connectivity index (χ1n) is 5.15. The number of nitrogens with zero attached hydrogens (tertiary/aromatic N) is 2. The van der Waals surface area contributed by atoms with Crippen LogP contribution in [0.15, 0.2) is 4.99 Å². The van der Waals surface area contributed by atoms with Crippen LogP contribution in [0.5, 0.6) is 0 Å². The van der Waals surface area contributed by atoms with Gasteiger partial charge < -0.3 is 15.4 Å². The lowest BCUT2D eigenvalue weighted by atomic mass is 10.0. The molecule has 0 aliphatic carbocycles. The zero-order valence-corrected chi connectivity index (χ0v) is 9.53. The molecule has 0 spiro atoms. The number of nitrogens with two attached hydrogens (primary N) is 1. The fraction of sp³-hybridized carbons (Fsp3) is 0.900.